The predicted molar refractivity (Wildman–Crippen MR) is 124 cm³/mol. The number of hydrogen-bond donors (Lipinski definition) is 0. The predicted octanol–water partition coefficient (Wildman–Crippen LogP) is 4.86. The van der Waals surface area contributed by atoms with Crippen LogP contribution in [0.4, 0.5) is 0 Å². The molecule has 0 radical (unpaired) electrons. The number of esters is 2. The molecule has 1 aliphatic rings. The van der Waals surface area contributed by atoms with Gasteiger partial charge in [-0.1, -0.05) is 36.4 Å². The third-order valence-corrected chi connectivity index (χ3v) is 5.20. The van der Waals surface area contributed by atoms with E-state index in [2.05, 4.69) is 27.6 Å². The van der Waals surface area contributed by atoms with Crippen molar-refractivity contribution < 1.29 is 23.8 Å². The smallest absolute Gasteiger partial charge is 0.363 e. The van der Waals surface area contributed by atoms with Crippen LogP contribution in [-0.2, 0) is 9.53 Å². The van der Waals surface area contributed by atoms with E-state index in [1.807, 2.05) is 36.4 Å². The molecule has 1 heterocycles. The molecular formula is C24H16INO5. The molecule has 0 saturated heterocycles. The lowest BCUT2D eigenvalue weighted by atomic mass is 10.1. The summed E-state index contributed by atoms with van der Waals surface area (Å²) in [5, 5.41) is 0. The van der Waals surface area contributed by atoms with Crippen molar-refractivity contribution >= 4 is 46.5 Å². The number of carbonyl (C=O) groups excluding carboxylic acids is 2. The third-order valence-electron chi connectivity index (χ3n) is 4.40. The van der Waals surface area contributed by atoms with Gasteiger partial charge in [0.2, 0.25) is 5.90 Å². The molecule has 0 aliphatic carbocycles. The number of rotatable bonds is 5. The van der Waals surface area contributed by atoms with Gasteiger partial charge in [0.25, 0.3) is 0 Å². The van der Waals surface area contributed by atoms with E-state index in [1.165, 1.54) is 7.11 Å². The zero-order valence-corrected chi connectivity index (χ0v) is 18.5. The first-order valence-electron chi connectivity index (χ1n) is 9.28. The minimum absolute atomic E-state index is 0.172. The number of benzene rings is 3. The maximum atomic E-state index is 12.4. The van der Waals surface area contributed by atoms with Crippen LogP contribution in [0.3, 0.4) is 0 Å². The Kier molecular flexibility index (Phi) is 6.13. The topological polar surface area (TPSA) is 74.2 Å². The Hall–Kier alpha value is -3.46. The Morgan fingerprint density at radius 3 is 2.39 bits per heavy atom. The van der Waals surface area contributed by atoms with Crippen LogP contribution in [0.1, 0.15) is 21.5 Å². The molecule has 154 valence electrons. The lowest BCUT2D eigenvalue weighted by Crippen LogP contribution is -2.10. The van der Waals surface area contributed by atoms with Gasteiger partial charge in [0.05, 0.1) is 16.2 Å². The summed E-state index contributed by atoms with van der Waals surface area (Å²) in [5.41, 5.74) is 1.98. The zero-order valence-electron chi connectivity index (χ0n) is 16.4. The number of hydrogen-bond acceptors (Lipinski definition) is 6. The molecule has 0 atom stereocenters. The lowest BCUT2D eigenvalue weighted by Gasteiger charge is -2.12. The molecule has 7 heteroatoms. The molecule has 0 amide bonds. The van der Waals surface area contributed by atoms with Crippen molar-refractivity contribution in [1.29, 1.82) is 0 Å². The molecule has 0 fully saturated rings. The van der Waals surface area contributed by atoms with Crippen LogP contribution in [-0.4, -0.2) is 24.9 Å². The Morgan fingerprint density at radius 2 is 1.71 bits per heavy atom. The van der Waals surface area contributed by atoms with Crippen molar-refractivity contribution in [3.63, 3.8) is 0 Å². The van der Waals surface area contributed by atoms with Crippen LogP contribution < -0.4 is 9.47 Å². The van der Waals surface area contributed by atoms with E-state index < -0.39 is 11.9 Å². The number of methoxy groups -OCH3 is 1. The van der Waals surface area contributed by atoms with Crippen LogP contribution in [0.25, 0.3) is 6.08 Å². The standard InChI is InChI=1S/C24H16INO5/c1-29-20-14-15(12-18(25)21(20)30-23(27)17-10-6-3-7-11-17)13-19-24(28)31-22(26-19)16-8-4-2-5-9-16/h2-14H,1H3/b19-13-. The highest BCUT2D eigenvalue weighted by Gasteiger charge is 2.24. The SMILES string of the molecule is COc1cc(/C=C2\N=C(c3ccccc3)OC2=O)cc(I)c1OC(=O)c1ccccc1. The molecule has 4 rings (SSSR count). The summed E-state index contributed by atoms with van der Waals surface area (Å²) >= 11 is 2.05. The molecular weight excluding hydrogens is 509 g/mol. The van der Waals surface area contributed by atoms with Gasteiger partial charge in [0.15, 0.2) is 17.2 Å². The molecule has 0 saturated carbocycles. The average Bonchev–Trinajstić information content (AvgIpc) is 3.16. The summed E-state index contributed by atoms with van der Waals surface area (Å²) < 4.78 is 16.9. The fourth-order valence-electron chi connectivity index (χ4n) is 2.92. The highest BCUT2D eigenvalue weighted by molar-refractivity contribution is 14.1. The van der Waals surface area contributed by atoms with Crippen molar-refractivity contribution in [2.24, 2.45) is 4.99 Å². The van der Waals surface area contributed by atoms with Crippen molar-refractivity contribution in [3.8, 4) is 11.5 Å². The van der Waals surface area contributed by atoms with Crippen LogP contribution in [0.15, 0.2) is 83.5 Å². The maximum absolute atomic E-state index is 12.4. The van der Waals surface area contributed by atoms with Crippen LogP contribution in [0.5, 0.6) is 11.5 Å². The number of ether oxygens (including phenoxy) is 3. The third kappa shape index (κ3) is 4.66. The Balaban J connectivity index is 1.63. The van der Waals surface area contributed by atoms with Crippen molar-refractivity contribution in [3.05, 3.63) is 98.8 Å². The van der Waals surface area contributed by atoms with Gasteiger partial charge in [-0.2, -0.15) is 0 Å². The fraction of sp³-hybridized carbons (Fsp3) is 0.0417. The normalized spacial score (nSPS) is 14.2. The van der Waals surface area contributed by atoms with Gasteiger partial charge in [-0.25, -0.2) is 14.6 Å². The quantitative estimate of drug-likeness (QED) is 0.206. The van der Waals surface area contributed by atoms with Gasteiger partial charge in [-0.3, -0.25) is 0 Å². The number of aliphatic imine (C=N–C) groups is 1. The van der Waals surface area contributed by atoms with Crippen molar-refractivity contribution in [2.45, 2.75) is 0 Å². The second-order valence-electron chi connectivity index (χ2n) is 6.49. The molecule has 3 aromatic carbocycles. The first kappa shape index (κ1) is 20.8. The van der Waals surface area contributed by atoms with Crippen LogP contribution in [0.2, 0.25) is 0 Å². The summed E-state index contributed by atoms with van der Waals surface area (Å²) in [7, 11) is 1.48. The van der Waals surface area contributed by atoms with Gasteiger partial charge in [0, 0.05) is 5.56 Å². The summed E-state index contributed by atoms with van der Waals surface area (Å²) in [6.07, 6.45) is 1.60. The number of cyclic esters (lactones) is 1. The highest BCUT2D eigenvalue weighted by Crippen LogP contribution is 2.35. The van der Waals surface area contributed by atoms with Crippen molar-refractivity contribution in [2.75, 3.05) is 7.11 Å². The van der Waals surface area contributed by atoms with E-state index in [9.17, 15) is 9.59 Å². The fourth-order valence-corrected chi connectivity index (χ4v) is 3.65. The summed E-state index contributed by atoms with van der Waals surface area (Å²) in [4.78, 5) is 29.0. The van der Waals surface area contributed by atoms with E-state index in [1.54, 1.807) is 42.5 Å². The van der Waals surface area contributed by atoms with E-state index in [4.69, 9.17) is 14.2 Å². The molecule has 1 aliphatic heterocycles. The minimum Gasteiger partial charge on any atom is -0.493 e. The second kappa shape index (κ2) is 9.13. The summed E-state index contributed by atoms with van der Waals surface area (Å²) in [6, 6.07) is 21.3. The number of nitrogens with zero attached hydrogens (tertiary/aromatic N) is 1. The van der Waals surface area contributed by atoms with Gasteiger partial charge >= 0.3 is 11.9 Å². The van der Waals surface area contributed by atoms with E-state index in [0.717, 1.165) is 5.56 Å². The molecule has 0 unspecified atom stereocenters. The molecule has 31 heavy (non-hydrogen) atoms. The first-order valence-corrected chi connectivity index (χ1v) is 10.4. The molecule has 3 aromatic rings. The van der Waals surface area contributed by atoms with Gasteiger partial charge < -0.3 is 14.2 Å². The van der Waals surface area contributed by atoms with Gasteiger partial charge in [-0.15, -0.1) is 0 Å². The minimum atomic E-state index is -0.535. The van der Waals surface area contributed by atoms with E-state index in [0.29, 0.717) is 26.2 Å². The monoisotopic (exact) mass is 525 g/mol. The molecule has 0 bridgehead atoms. The molecule has 6 nitrogen and oxygen atoms in total. The Labute approximate surface area is 192 Å². The molecule has 0 aromatic heterocycles. The Morgan fingerprint density at radius 1 is 1.03 bits per heavy atom. The van der Waals surface area contributed by atoms with Crippen LogP contribution in [0, 0.1) is 3.57 Å². The van der Waals surface area contributed by atoms with Gasteiger partial charge in [-0.05, 0) is 70.6 Å². The Bertz CT molecular complexity index is 1200. The van der Waals surface area contributed by atoms with Gasteiger partial charge in [0.1, 0.15) is 0 Å². The van der Waals surface area contributed by atoms with Crippen molar-refractivity contribution in [1.82, 2.24) is 0 Å². The second-order valence-corrected chi connectivity index (χ2v) is 7.65. The molecule has 0 N–H and O–H groups in total. The summed E-state index contributed by atoms with van der Waals surface area (Å²) in [5.74, 6) is -0.0954. The number of halogens is 1. The van der Waals surface area contributed by atoms with E-state index >= 15 is 0 Å². The lowest BCUT2D eigenvalue weighted by molar-refractivity contribution is -0.129. The average molecular weight is 525 g/mol. The highest BCUT2D eigenvalue weighted by atomic mass is 127. The summed E-state index contributed by atoms with van der Waals surface area (Å²) in [6.45, 7) is 0. The largest absolute Gasteiger partial charge is 0.493 e. The van der Waals surface area contributed by atoms with Crippen LogP contribution >= 0.6 is 22.6 Å². The number of carbonyl (C=O) groups is 2. The maximum Gasteiger partial charge on any atom is 0.363 e. The first-order chi connectivity index (χ1) is 15.0. The zero-order chi connectivity index (χ0) is 21.8. The molecule has 0 spiro atoms. The van der Waals surface area contributed by atoms with E-state index in [-0.39, 0.29) is 11.6 Å².